The van der Waals surface area contributed by atoms with Crippen LogP contribution in [0.4, 0.5) is 0 Å². The van der Waals surface area contributed by atoms with Crippen molar-refractivity contribution in [3.63, 3.8) is 0 Å². The molecule has 8 heteroatoms. The molecule has 53 heavy (non-hydrogen) atoms. The van der Waals surface area contributed by atoms with E-state index in [-0.39, 0.29) is 29.9 Å². The highest BCUT2D eigenvalue weighted by atomic mass is 16.6. The Balaban J connectivity index is 1.31. The van der Waals surface area contributed by atoms with E-state index >= 15 is 0 Å². The predicted octanol–water partition coefficient (Wildman–Crippen LogP) is 9.24. The molecule has 1 N–H and O–H groups in total. The van der Waals surface area contributed by atoms with E-state index in [1.165, 1.54) is 0 Å². The summed E-state index contributed by atoms with van der Waals surface area (Å²) in [6.45, 7) is 10.8. The number of methoxy groups -OCH3 is 2. The molecule has 2 atom stereocenters. The molecule has 1 heterocycles. The molecule has 0 aromatic heterocycles. The van der Waals surface area contributed by atoms with Crippen LogP contribution in [0.2, 0.25) is 0 Å². The van der Waals surface area contributed by atoms with Crippen molar-refractivity contribution in [2.75, 3.05) is 27.4 Å². The fraction of sp³-hybridized carbons (Fsp3) is 0.556. The second-order valence-corrected chi connectivity index (χ2v) is 16.0. The molecule has 1 aliphatic heterocycles. The molecule has 0 spiro atoms. The number of carbonyl (C=O) groups is 2. The van der Waals surface area contributed by atoms with Crippen molar-refractivity contribution in [3.8, 4) is 11.5 Å². The molecule has 1 fully saturated rings. The summed E-state index contributed by atoms with van der Waals surface area (Å²) in [4.78, 5) is 27.7. The van der Waals surface area contributed by atoms with E-state index in [1.807, 2.05) is 85.5 Å². The number of hydrogen-bond acceptors (Lipinski definition) is 7. The number of benzene rings is 3. The topological polar surface area (TPSA) is 94.5 Å². The van der Waals surface area contributed by atoms with Crippen molar-refractivity contribution in [1.82, 2.24) is 4.90 Å². The maximum Gasteiger partial charge on any atom is 0.306 e. The first-order valence-electron chi connectivity index (χ1n) is 19.5. The highest BCUT2D eigenvalue weighted by molar-refractivity contribution is 5.77. The van der Waals surface area contributed by atoms with Crippen LogP contribution in [-0.4, -0.2) is 67.0 Å². The number of unbranched alkanes of at least 4 members (excludes halogenated alkanes) is 7. The lowest BCUT2D eigenvalue weighted by atomic mass is 9.79. The lowest BCUT2D eigenvalue weighted by molar-refractivity contribution is -0.167. The first-order valence-corrected chi connectivity index (χ1v) is 19.5. The number of carbonyl (C=O) groups excluding carboxylic acids is 2. The predicted molar refractivity (Wildman–Crippen MR) is 210 cm³/mol. The van der Waals surface area contributed by atoms with Gasteiger partial charge in [-0.05, 0) is 74.1 Å². The molecule has 0 saturated carbocycles. The Morgan fingerprint density at radius 2 is 1.15 bits per heavy atom. The lowest BCUT2D eigenvalue weighted by Gasteiger charge is -2.38. The zero-order valence-corrected chi connectivity index (χ0v) is 33.2. The van der Waals surface area contributed by atoms with Crippen LogP contribution >= 0.6 is 0 Å². The third kappa shape index (κ3) is 11.3. The van der Waals surface area contributed by atoms with Gasteiger partial charge in [0.1, 0.15) is 22.7 Å². The zero-order valence-electron chi connectivity index (χ0n) is 33.2. The standard InChI is InChI=1S/C45H63NO7/c1-43(2,3)44(4,5)53-42(49)22-18-13-11-9-8-10-12-17-21-41(48)46-32-38(47)31-37(46)33-52-45(34-19-15-14-16-20-34,35-23-27-39(50-6)28-24-35)36-25-29-40(51-7)30-26-36/h14-16,19-20,23-30,37-38,47H,8-13,17-18,21-22,31-33H2,1-7H3/t37-,38+/m0/s1. The summed E-state index contributed by atoms with van der Waals surface area (Å²) in [5.74, 6) is 1.45. The van der Waals surface area contributed by atoms with Crippen LogP contribution in [-0.2, 0) is 24.7 Å². The summed E-state index contributed by atoms with van der Waals surface area (Å²) in [7, 11) is 3.30. The van der Waals surface area contributed by atoms with E-state index in [0.29, 0.717) is 25.8 Å². The van der Waals surface area contributed by atoms with Crippen molar-refractivity contribution >= 4 is 11.9 Å². The highest BCUT2D eigenvalue weighted by Gasteiger charge is 2.41. The summed E-state index contributed by atoms with van der Waals surface area (Å²) in [6, 6.07) is 25.7. The first kappa shape index (κ1) is 41.9. The van der Waals surface area contributed by atoms with Crippen LogP contribution in [0, 0.1) is 5.41 Å². The molecular formula is C45H63NO7. The third-order valence-corrected chi connectivity index (χ3v) is 11.1. The smallest absolute Gasteiger partial charge is 0.306 e. The van der Waals surface area contributed by atoms with Gasteiger partial charge in [-0.15, -0.1) is 0 Å². The van der Waals surface area contributed by atoms with Crippen LogP contribution in [0.3, 0.4) is 0 Å². The maximum absolute atomic E-state index is 13.6. The molecule has 0 bridgehead atoms. The number of amides is 1. The maximum atomic E-state index is 13.6. The Kier molecular flexibility index (Phi) is 15.4. The van der Waals surface area contributed by atoms with Crippen LogP contribution < -0.4 is 9.47 Å². The largest absolute Gasteiger partial charge is 0.497 e. The summed E-state index contributed by atoms with van der Waals surface area (Å²) in [6.07, 6.45) is 8.90. The van der Waals surface area contributed by atoms with Crippen LogP contribution in [0.25, 0.3) is 0 Å². The summed E-state index contributed by atoms with van der Waals surface area (Å²) >= 11 is 0. The summed E-state index contributed by atoms with van der Waals surface area (Å²) in [5.41, 5.74) is 1.22. The zero-order chi connectivity index (χ0) is 38.5. The van der Waals surface area contributed by atoms with Gasteiger partial charge in [-0.25, -0.2) is 0 Å². The van der Waals surface area contributed by atoms with E-state index in [1.54, 1.807) is 14.2 Å². The van der Waals surface area contributed by atoms with Gasteiger partial charge in [-0.3, -0.25) is 9.59 Å². The van der Waals surface area contributed by atoms with Crippen molar-refractivity contribution in [1.29, 1.82) is 0 Å². The fourth-order valence-electron chi connectivity index (χ4n) is 6.89. The minimum Gasteiger partial charge on any atom is -0.497 e. The highest BCUT2D eigenvalue weighted by Crippen LogP contribution is 2.42. The van der Waals surface area contributed by atoms with Crippen LogP contribution in [0.15, 0.2) is 78.9 Å². The first-order chi connectivity index (χ1) is 25.3. The van der Waals surface area contributed by atoms with Gasteiger partial charge < -0.3 is 29.0 Å². The van der Waals surface area contributed by atoms with Crippen LogP contribution in [0.1, 0.15) is 122 Å². The second kappa shape index (κ2) is 19.4. The average Bonchev–Trinajstić information content (AvgIpc) is 3.53. The third-order valence-electron chi connectivity index (χ3n) is 11.1. The van der Waals surface area contributed by atoms with Crippen LogP contribution in [0.5, 0.6) is 11.5 Å². The van der Waals surface area contributed by atoms with Gasteiger partial charge in [0, 0.05) is 24.8 Å². The molecule has 4 rings (SSSR count). The molecule has 290 valence electrons. The number of esters is 1. The number of aliphatic hydroxyl groups is 1. The van der Waals surface area contributed by atoms with Gasteiger partial charge in [-0.1, -0.05) is 114 Å². The normalized spacial score (nSPS) is 16.4. The van der Waals surface area contributed by atoms with Gasteiger partial charge in [0.2, 0.25) is 5.91 Å². The lowest BCUT2D eigenvalue weighted by Crippen LogP contribution is -2.42. The molecular weight excluding hydrogens is 666 g/mol. The molecule has 3 aromatic rings. The van der Waals surface area contributed by atoms with Gasteiger partial charge in [-0.2, -0.15) is 0 Å². The van der Waals surface area contributed by atoms with E-state index in [0.717, 1.165) is 79.6 Å². The molecule has 1 saturated heterocycles. The molecule has 3 aromatic carbocycles. The Morgan fingerprint density at radius 1 is 0.679 bits per heavy atom. The number of likely N-dealkylation sites (tertiary alicyclic amines) is 1. The van der Waals surface area contributed by atoms with E-state index in [9.17, 15) is 14.7 Å². The second-order valence-electron chi connectivity index (χ2n) is 16.0. The molecule has 0 aliphatic carbocycles. The summed E-state index contributed by atoms with van der Waals surface area (Å²) < 4.78 is 23.8. The Labute approximate surface area is 318 Å². The summed E-state index contributed by atoms with van der Waals surface area (Å²) in [5, 5.41) is 10.8. The number of aliphatic hydroxyl groups excluding tert-OH is 1. The minimum atomic E-state index is -0.992. The van der Waals surface area contributed by atoms with Crippen molar-refractivity contribution < 1.29 is 33.6 Å². The monoisotopic (exact) mass is 729 g/mol. The number of nitrogens with zero attached hydrogens (tertiary/aromatic N) is 1. The minimum absolute atomic E-state index is 0.0656. The Morgan fingerprint density at radius 3 is 1.64 bits per heavy atom. The Bertz CT molecular complexity index is 1500. The molecule has 8 nitrogen and oxygen atoms in total. The van der Waals surface area contributed by atoms with E-state index < -0.39 is 17.3 Å². The van der Waals surface area contributed by atoms with Crippen molar-refractivity contribution in [3.05, 3.63) is 95.6 Å². The van der Waals surface area contributed by atoms with Gasteiger partial charge in [0.05, 0.1) is 33.0 Å². The molecule has 0 unspecified atom stereocenters. The van der Waals surface area contributed by atoms with Crippen molar-refractivity contribution in [2.45, 2.75) is 129 Å². The molecule has 1 amide bonds. The number of ether oxygens (including phenoxy) is 4. The Hall–Kier alpha value is -3.88. The van der Waals surface area contributed by atoms with Gasteiger partial charge in [0.25, 0.3) is 0 Å². The molecule has 1 aliphatic rings. The van der Waals surface area contributed by atoms with E-state index in [4.69, 9.17) is 18.9 Å². The van der Waals surface area contributed by atoms with Gasteiger partial charge >= 0.3 is 5.97 Å². The number of rotatable bonds is 20. The van der Waals surface area contributed by atoms with E-state index in [2.05, 4.69) is 32.9 Å². The fourth-order valence-corrected chi connectivity index (χ4v) is 6.89. The quantitative estimate of drug-likeness (QED) is 0.0704. The number of hydrogen-bond donors (Lipinski definition) is 1. The SMILES string of the molecule is COc1ccc(C(OC[C@@H]2C[C@@H](O)CN2C(=O)CCCCCCCCCCC(=O)OC(C)(C)C(C)(C)C)(c2ccccc2)c2ccc(OC)cc2)cc1. The average molecular weight is 730 g/mol. The van der Waals surface area contributed by atoms with Crippen molar-refractivity contribution in [2.24, 2.45) is 5.41 Å². The molecule has 0 radical (unpaired) electrons. The number of β-amino-alcohol motifs (C(OH)–C–C–N with tert-alkyl or cyclic N) is 1. The van der Waals surface area contributed by atoms with Gasteiger partial charge in [0.15, 0.2) is 0 Å².